The summed E-state index contributed by atoms with van der Waals surface area (Å²) >= 11 is 5.01. The number of hydrogen-bond donors (Lipinski definition) is 2. The molecule has 0 saturated carbocycles. The first-order valence-corrected chi connectivity index (χ1v) is 5.98. The van der Waals surface area contributed by atoms with Crippen molar-refractivity contribution in [2.45, 2.75) is 13.5 Å². The minimum atomic E-state index is 0.382. The van der Waals surface area contributed by atoms with Gasteiger partial charge in [-0.15, -0.1) is 0 Å². The summed E-state index contributed by atoms with van der Waals surface area (Å²) in [6.45, 7) is 2.50. The van der Waals surface area contributed by atoms with E-state index < -0.39 is 0 Å². The molecule has 5 heteroatoms. The van der Waals surface area contributed by atoms with Crippen molar-refractivity contribution in [1.82, 2.24) is 9.97 Å². The zero-order chi connectivity index (χ0) is 13.0. The number of para-hydroxylation sites is 1. The molecule has 0 spiro atoms. The molecule has 0 aliphatic carbocycles. The normalized spacial score (nSPS) is 10.1. The van der Waals surface area contributed by atoms with Crippen molar-refractivity contribution >= 4 is 22.9 Å². The van der Waals surface area contributed by atoms with Gasteiger partial charge in [-0.25, -0.2) is 0 Å². The summed E-state index contributed by atoms with van der Waals surface area (Å²) in [7, 11) is 0. The van der Waals surface area contributed by atoms with Crippen molar-refractivity contribution in [3.8, 4) is 0 Å². The molecule has 18 heavy (non-hydrogen) atoms. The fourth-order valence-corrected chi connectivity index (χ4v) is 1.73. The first-order valence-electron chi connectivity index (χ1n) is 5.57. The minimum absolute atomic E-state index is 0.382. The highest BCUT2D eigenvalue weighted by Gasteiger charge is 2.04. The average Bonchev–Trinajstić information content (AvgIpc) is 2.38. The van der Waals surface area contributed by atoms with Gasteiger partial charge in [0.2, 0.25) is 0 Å². The van der Waals surface area contributed by atoms with Crippen molar-refractivity contribution in [1.29, 1.82) is 0 Å². The molecule has 2 aromatic rings. The van der Waals surface area contributed by atoms with Crippen LogP contribution in [0.4, 0.5) is 5.69 Å². The lowest BCUT2D eigenvalue weighted by atomic mass is 10.2. The molecular weight excluding hydrogens is 244 g/mol. The highest BCUT2D eigenvalue weighted by Crippen LogP contribution is 2.15. The summed E-state index contributed by atoms with van der Waals surface area (Å²) in [6.07, 6.45) is 3.50. The molecule has 4 nitrogen and oxygen atoms in total. The molecule has 0 radical (unpaired) electrons. The fraction of sp³-hybridized carbons (Fsp3) is 0.154. The van der Waals surface area contributed by atoms with Crippen LogP contribution in [0.3, 0.4) is 0 Å². The van der Waals surface area contributed by atoms with E-state index in [1.165, 1.54) is 0 Å². The number of rotatable bonds is 4. The van der Waals surface area contributed by atoms with Crippen molar-refractivity contribution < 1.29 is 0 Å². The molecule has 2 rings (SSSR count). The molecular formula is C13H14N4S. The molecule has 0 aliphatic rings. The molecule has 1 heterocycles. The van der Waals surface area contributed by atoms with Gasteiger partial charge in [0.15, 0.2) is 0 Å². The predicted molar refractivity (Wildman–Crippen MR) is 76.4 cm³/mol. The first kappa shape index (κ1) is 12.4. The highest BCUT2D eigenvalue weighted by atomic mass is 32.1. The molecule has 92 valence electrons. The number of nitrogens with one attached hydrogen (secondary N) is 1. The molecule has 0 fully saturated rings. The van der Waals surface area contributed by atoms with Gasteiger partial charge >= 0.3 is 0 Å². The van der Waals surface area contributed by atoms with E-state index in [2.05, 4.69) is 15.3 Å². The standard InChI is InChI=1S/C13H14N4S/c1-9-6-16-10(7-15-9)8-17-12-5-3-2-4-11(12)13(14)18/h2-7,17H,8H2,1H3,(H2,14,18). The Hall–Kier alpha value is -2.01. The number of aryl methyl sites for hydroxylation is 1. The van der Waals surface area contributed by atoms with Gasteiger partial charge in [0, 0.05) is 17.4 Å². The van der Waals surface area contributed by atoms with Gasteiger partial charge < -0.3 is 11.1 Å². The van der Waals surface area contributed by atoms with Crippen LogP contribution in [0.25, 0.3) is 0 Å². The molecule has 1 aromatic carbocycles. The van der Waals surface area contributed by atoms with Crippen LogP contribution in [0.1, 0.15) is 17.0 Å². The van der Waals surface area contributed by atoms with Crippen LogP contribution in [0.5, 0.6) is 0 Å². The van der Waals surface area contributed by atoms with E-state index >= 15 is 0 Å². The van der Waals surface area contributed by atoms with Gasteiger partial charge in [-0.3, -0.25) is 9.97 Å². The molecule has 0 bridgehead atoms. The molecule has 0 atom stereocenters. The van der Waals surface area contributed by atoms with Gasteiger partial charge in [-0.2, -0.15) is 0 Å². The van der Waals surface area contributed by atoms with Crippen LogP contribution in [0.15, 0.2) is 36.7 Å². The molecule has 1 aromatic heterocycles. The summed E-state index contributed by atoms with van der Waals surface area (Å²) in [6, 6.07) is 7.68. The summed E-state index contributed by atoms with van der Waals surface area (Å²) < 4.78 is 0. The van der Waals surface area contributed by atoms with Crippen LogP contribution in [-0.2, 0) is 6.54 Å². The second-order valence-corrected chi connectivity index (χ2v) is 4.35. The maximum Gasteiger partial charge on any atom is 0.106 e. The Labute approximate surface area is 111 Å². The summed E-state index contributed by atoms with van der Waals surface area (Å²) in [4.78, 5) is 8.86. The summed E-state index contributed by atoms with van der Waals surface area (Å²) in [5.74, 6) is 0. The Morgan fingerprint density at radius 2 is 2.06 bits per heavy atom. The SMILES string of the molecule is Cc1cnc(CNc2ccccc2C(N)=S)cn1. The van der Waals surface area contributed by atoms with Crippen LogP contribution in [-0.4, -0.2) is 15.0 Å². The number of nitrogens with zero attached hydrogens (tertiary/aromatic N) is 2. The highest BCUT2D eigenvalue weighted by molar-refractivity contribution is 7.80. The maximum atomic E-state index is 5.67. The van der Waals surface area contributed by atoms with E-state index in [-0.39, 0.29) is 0 Å². The van der Waals surface area contributed by atoms with Crippen LogP contribution in [0, 0.1) is 6.92 Å². The summed E-state index contributed by atoms with van der Waals surface area (Å²) in [5, 5.41) is 3.26. The Balaban J connectivity index is 2.10. The van der Waals surface area contributed by atoms with Crippen LogP contribution in [0.2, 0.25) is 0 Å². The quantitative estimate of drug-likeness (QED) is 0.822. The molecule has 3 N–H and O–H groups in total. The number of thiocarbonyl (C=S) groups is 1. The van der Waals surface area contributed by atoms with Crippen LogP contribution >= 0.6 is 12.2 Å². The lowest BCUT2D eigenvalue weighted by molar-refractivity contribution is 0.984. The van der Waals surface area contributed by atoms with Crippen molar-refractivity contribution in [2.24, 2.45) is 5.73 Å². The van der Waals surface area contributed by atoms with Gasteiger partial charge in [0.25, 0.3) is 0 Å². The number of anilines is 1. The Morgan fingerprint density at radius 3 is 2.72 bits per heavy atom. The zero-order valence-electron chi connectivity index (χ0n) is 10.1. The Bertz CT molecular complexity index is 551. The minimum Gasteiger partial charge on any atom is -0.389 e. The second-order valence-electron chi connectivity index (χ2n) is 3.91. The molecule has 0 saturated heterocycles. The predicted octanol–water partition coefficient (Wildman–Crippen LogP) is 2.03. The van der Waals surface area contributed by atoms with Crippen molar-refractivity contribution in [3.63, 3.8) is 0 Å². The van der Waals surface area contributed by atoms with Crippen molar-refractivity contribution in [2.75, 3.05) is 5.32 Å². The smallest absolute Gasteiger partial charge is 0.106 e. The van der Waals surface area contributed by atoms with Gasteiger partial charge in [-0.1, -0.05) is 24.4 Å². The van der Waals surface area contributed by atoms with Crippen LogP contribution < -0.4 is 11.1 Å². The zero-order valence-corrected chi connectivity index (χ0v) is 10.9. The maximum absolute atomic E-state index is 5.67. The fourth-order valence-electron chi connectivity index (χ4n) is 1.55. The lowest BCUT2D eigenvalue weighted by Gasteiger charge is -2.10. The van der Waals surface area contributed by atoms with E-state index in [1.54, 1.807) is 12.4 Å². The van der Waals surface area contributed by atoms with Crippen molar-refractivity contribution in [3.05, 3.63) is 53.6 Å². The van der Waals surface area contributed by atoms with E-state index in [1.807, 2.05) is 31.2 Å². The van der Waals surface area contributed by atoms with Gasteiger partial charge in [-0.05, 0) is 19.1 Å². The molecule has 0 aliphatic heterocycles. The Kier molecular flexibility index (Phi) is 3.84. The van der Waals surface area contributed by atoms with E-state index in [0.29, 0.717) is 11.5 Å². The number of hydrogen-bond acceptors (Lipinski definition) is 4. The van der Waals surface area contributed by atoms with Gasteiger partial charge in [0.1, 0.15) is 4.99 Å². The molecule has 0 unspecified atom stereocenters. The third-order valence-electron chi connectivity index (χ3n) is 2.49. The van der Waals surface area contributed by atoms with E-state index in [9.17, 15) is 0 Å². The lowest BCUT2D eigenvalue weighted by Crippen LogP contribution is -2.13. The van der Waals surface area contributed by atoms with E-state index in [4.69, 9.17) is 18.0 Å². The van der Waals surface area contributed by atoms with Gasteiger partial charge in [0.05, 0.1) is 24.1 Å². The average molecular weight is 258 g/mol. The third-order valence-corrected chi connectivity index (χ3v) is 2.71. The Morgan fingerprint density at radius 1 is 1.28 bits per heavy atom. The number of benzene rings is 1. The van der Waals surface area contributed by atoms with E-state index in [0.717, 1.165) is 22.6 Å². The largest absolute Gasteiger partial charge is 0.389 e. The number of nitrogens with two attached hydrogens (primary N) is 1. The monoisotopic (exact) mass is 258 g/mol. The second kappa shape index (κ2) is 5.55. The topological polar surface area (TPSA) is 63.8 Å². The summed E-state index contributed by atoms with van der Waals surface area (Å²) in [5.41, 5.74) is 9.20. The molecule has 0 amide bonds. The number of aromatic nitrogens is 2. The third kappa shape index (κ3) is 3.01. The first-order chi connectivity index (χ1) is 8.66.